The normalized spacial score (nSPS) is 22.9. The van der Waals surface area contributed by atoms with Crippen molar-refractivity contribution in [1.29, 1.82) is 0 Å². The number of rotatable bonds is 3. The molecule has 0 unspecified atom stereocenters. The van der Waals surface area contributed by atoms with Gasteiger partial charge >= 0.3 is 15.5 Å². The summed E-state index contributed by atoms with van der Waals surface area (Å²) in [6.07, 6.45) is 6.38. The Morgan fingerprint density at radius 1 is 1.15 bits per heavy atom. The Bertz CT molecular complexity index is 716. The molecule has 148 valence electrons. The number of allylic oxidation sites excluding steroid dienone is 3. The molecule has 9 heteroatoms. The fourth-order valence-corrected chi connectivity index (χ4v) is 4.50. The van der Waals surface area contributed by atoms with Crippen molar-refractivity contribution >= 4 is 15.9 Å². The molecule has 1 aliphatic heterocycles. The van der Waals surface area contributed by atoms with Crippen LogP contribution in [0, 0.1) is 5.41 Å². The van der Waals surface area contributed by atoms with Gasteiger partial charge in [-0.3, -0.25) is 4.79 Å². The lowest BCUT2D eigenvalue weighted by Gasteiger charge is -2.34. The largest absolute Gasteiger partial charge is 0.511 e. The number of hydrogen-bond donors (Lipinski definition) is 0. The number of carbonyl (C=O) groups is 1. The van der Waals surface area contributed by atoms with Crippen molar-refractivity contribution in [1.82, 2.24) is 9.21 Å². The second-order valence-electron chi connectivity index (χ2n) is 7.44. The van der Waals surface area contributed by atoms with Crippen LogP contribution < -0.4 is 0 Å². The minimum atomic E-state index is -5.33. The number of halogens is 3. The zero-order valence-corrected chi connectivity index (χ0v) is 16.1. The first kappa shape index (κ1) is 21.0. The molecule has 0 bridgehead atoms. The fraction of sp³-hybridized carbons (Fsp3) is 0.706. The summed E-state index contributed by atoms with van der Waals surface area (Å²) >= 11 is 0. The van der Waals surface area contributed by atoms with Gasteiger partial charge in [-0.2, -0.15) is 17.5 Å². The van der Waals surface area contributed by atoms with Gasteiger partial charge in [0.15, 0.2) is 0 Å². The van der Waals surface area contributed by atoms with Crippen LogP contribution in [-0.4, -0.2) is 55.2 Å². The Kier molecular flexibility index (Phi) is 5.92. The minimum absolute atomic E-state index is 0.0153. The summed E-state index contributed by atoms with van der Waals surface area (Å²) < 4.78 is 60.9. The van der Waals surface area contributed by atoms with Gasteiger partial charge in [-0.05, 0) is 37.2 Å². The number of hydrogen-bond acceptors (Lipinski definition) is 3. The van der Waals surface area contributed by atoms with Gasteiger partial charge in [0.05, 0.1) is 0 Å². The Morgan fingerprint density at radius 2 is 1.73 bits per heavy atom. The molecule has 2 rings (SSSR count). The monoisotopic (exact) mass is 394 g/mol. The Balaban J connectivity index is 2.01. The van der Waals surface area contributed by atoms with E-state index >= 15 is 0 Å². The van der Waals surface area contributed by atoms with E-state index in [1.54, 1.807) is 6.08 Å². The maximum atomic E-state index is 12.6. The summed E-state index contributed by atoms with van der Waals surface area (Å²) in [5.41, 5.74) is -2.96. The molecule has 0 N–H and O–H groups in total. The van der Waals surface area contributed by atoms with Crippen molar-refractivity contribution < 1.29 is 26.4 Å². The van der Waals surface area contributed by atoms with Crippen LogP contribution in [0.15, 0.2) is 23.3 Å². The third kappa shape index (κ3) is 4.31. The molecule has 26 heavy (non-hydrogen) atoms. The SMILES string of the molecule is CC1=C(C=CC(=O)N2CCN(S(=O)(=O)C(F)(F)F)CC2)C(C)(C)CCC1. The van der Waals surface area contributed by atoms with E-state index in [4.69, 9.17) is 0 Å². The lowest BCUT2D eigenvalue weighted by Crippen LogP contribution is -2.53. The highest BCUT2D eigenvalue weighted by Crippen LogP contribution is 2.40. The number of sulfonamides is 1. The van der Waals surface area contributed by atoms with Crippen molar-refractivity contribution in [2.24, 2.45) is 5.41 Å². The van der Waals surface area contributed by atoms with Gasteiger partial charge in [-0.25, -0.2) is 8.42 Å². The molecule has 0 saturated carbocycles. The molecule has 1 heterocycles. The maximum Gasteiger partial charge on any atom is 0.511 e. The zero-order chi connectivity index (χ0) is 19.8. The van der Waals surface area contributed by atoms with Crippen LogP contribution in [0.25, 0.3) is 0 Å². The minimum Gasteiger partial charge on any atom is -0.337 e. The van der Waals surface area contributed by atoms with Crippen molar-refractivity contribution in [3.8, 4) is 0 Å². The van der Waals surface area contributed by atoms with Gasteiger partial charge in [-0.15, -0.1) is 0 Å². The number of amides is 1. The summed E-state index contributed by atoms with van der Waals surface area (Å²) in [6.45, 7) is 5.48. The molecule has 5 nitrogen and oxygen atoms in total. The van der Waals surface area contributed by atoms with Crippen LogP contribution in [0.1, 0.15) is 40.0 Å². The highest BCUT2D eigenvalue weighted by Gasteiger charge is 2.50. The summed E-state index contributed by atoms with van der Waals surface area (Å²) in [6, 6.07) is 0. The van der Waals surface area contributed by atoms with Gasteiger partial charge < -0.3 is 4.90 Å². The Labute approximate surface area is 152 Å². The molecular weight excluding hydrogens is 369 g/mol. The second kappa shape index (κ2) is 7.34. The van der Waals surface area contributed by atoms with Crippen LogP contribution in [-0.2, 0) is 14.8 Å². The van der Waals surface area contributed by atoms with E-state index in [2.05, 4.69) is 13.8 Å². The predicted octanol–water partition coefficient (Wildman–Crippen LogP) is 3.06. The van der Waals surface area contributed by atoms with Crippen molar-refractivity contribution in [2.75, 3.05) is 26.2 Å². The topological polar surface area (TPSA) is 57.7 Å². The van der Waals surface area contributed by atoms with E-state index in [0.717, 1.165) is 24.8 Å². The van der Waals surface area contributed by atoms with Gasteiger partial charge in [0, 0.05) is 32.3 Å². The molecule has 0 spiro atoms. The number of nitrogens with zero attached hydrogens (tertiary/aromatic N) is 2. The first-order valence-corrected chi connectivity index (χ1v) is 10.0. The molecule has 1 aliphatic carbocycles. The molecular formula is C17H25F3N2O3S. The predicted molar refractivity (Wildman–Crippen MR) is 92.6 cm³/mol. The number of piperazine rings is 1. The maximum absolute atomic E-state index is 12.6. The molecule has 0 aromatic heterocycles. The molecule has 0 aromatic carbocycles. The molecule has 0 aromatic rings. The van der Waals surface area contributed by atoms with Crippen molar-refractivity contribution in [3.05, 3.63) is 23.3 Å². The lowest BCUT2D eigenvalue weighted by atomic mass is 9.72. The smallest absolute Gasteiger partial charge is 0.337 e. The molecule has 2 aliphatic rings. The highest BCUT2D eigenvalue weighted by atomic mass is 32.2. The van der Waals surface area contributed by atoms with Crippen LogP contribution in [0.3, 0.4) is 0 Å². The van der Waals surface area contributed by atoms with E-state index < -0.39 is 15.5 Å². The van der Waals surface area contributed by atoms with Crippen LogP contribution in [0.2, 0.25) is 0 Å². The van der Waals surface area contributed by atoms with Crippen molar-refractivity contribution in [2.45, 2.75) is 45.5 Å². The lowest BCUT2D eigenvalue weighted by molar-refractivity contribution is -0.127. The summed E-state index contributed by atoms with van der Waals surface area (Å²) in [7, 11) is -5.33. The van der Waals surface area contributed by atoms with E-state index in [-0.39, 0.29) is 37.5 Å². The van der Waals surface area contributed by atoms with Gasteiger partial charge in [-0.1, -0.05) is 25.5 Å². The van der Waals surface area contributed by atoms with E-state index in [1.165, 1.54) is 16.5 Å². The fourth-order valence-electron chi connectivity index (χ4n) is 3.57. The Morgan fingerprint density at radius 3 is 2.23 bits per heavy atom. The first-order chi connectivity index (χ1) is 11.9. The standard InChI is InChI=1S/C17H25F3N2O3S/c1-13-5-4-8-16(2,3)14(13)6-7-15(23)21-9-11-22(12-10-21)26(24,25)17(18,19)20/h6-7H,4-5,8-12H2,1-3H3. The molecule has 1 fully saturated rings. The molecule has 1 amide bonds. The van der Waals surface area contributed by atoms with Gasteiger partial charge in [0.2, 0.25) is 5.91 Å². The quantitative estimate of drug-likeness (QED) is 0.692. The van der Waals surface area contributed by atoms with E-state index in [0.29, 0.717) is 4.31 Å². The third-order valence-corrected chi connectivity index (χ3v) is 6.75. The highest BCUT2D eigenvalue weighted by molar-refractivity contribution is 7.90. The average Bonchev–Trinajstić information content (AvgIpc) is 2.52. The molecule has 1 saturated heterocycles. The number of carbonyl (C=O) groups excluding carboxylic acids is 1. The van der Waals surface area contributed by atoms with Crippen LogP contribution in [0.4, 0.5) is 13.2 Å². The van der Waals surface area contributed by atoms with E-state index in [9.17, 15) is 26.4 Å². The second-order valence-corrected chi connectivity index (χ2v) is 9.37. The third-order valence-electron chi connectivity index (χ3n) is 5.12. The molecule has 0 radical (unpaired) electrons. The molecule has 0 atom stereocenters. The summed E-state index contributed by atoms with van der Waals surface area (Å²) in [4.78, 5) is 13.7. The first-order valence-electron chi connectivity index (χ1n) is 8.60. The summed E-state index contributed by atoms with van der Waals surface area (Å²) in [5.74, 6) is -0.310. The van der Waals surface area contributed by atoms with E-state index in [1.807, 2.05) is 6.92 Å². The Hall–Kier alpha value is -1.35. The van der Waals surface area contributed by atoms with Crippen molar-refractivity contribution in [3.63, 3.8) is 0 Å². The zero-order valence-electron chi connectivity index (χ0n) is 15.3. The van der Waals surface area contributed by atoms with Crippen LogP contribution in [0.5, 0.6) is 0 Å². The van der Waals surface area contributed by atoms with Gasteiger partial charge in [0.1, 0.15) is 0 Å². The van der Waals surface area contributed by atoms with Gasteiger partial charge in [0.25, 0.3) is 0 Å². The average molecular weight is 394 g/mol. The number of alkyl halides is 3. The summed E-state index contributed by atoms with van der Waals surface area (Å²) in [5, 5.41) is 0. The van der Waals surface area contributed by atoms with Crippen LogP contribution >= 0.6 is 0 Å².